The van der Waals surface area contributed by atoms with E-state index in [2.05, 4.69) is 19.1 Å². The standard InChI is InChI=1S/C14H17NO2/c1-11(12-5-3-2-4-6-12)7-8-15-10-13(16)9-14(15)17/h2-6,11H,7-10H2,1H3. The predicted molar refractivity (Wildman–Crippen MR) is 65.7 cm³/mol. The number of Topliss-reactive ketones (excluding diaryl/α,β-unsaturated/α-hetero) is 1. The summed E-state index contributed by atoms with van der Waals surface area (Å²) in [5.74, 6) is 0.442. The SMILES string of the molecule is CC(CCN1CC(=O)CC1=O)c1ccccc1. The Kier molecular flexibility index (Phi) is 3.57. The monoisotopic (exact) mass is 231 g/mol. The van der Waals surface area contributed by atoms with Crippen LogP contribution in [0.4, 0.5) is 0 Å². The molecule has 3 heteroatoms. The number of ketones is 1. The maximum atomic E-state index is 11.4. The molecule has 1 aliphatic rings. The molecule has 1 amide bonds. The number of amides is 1. The minimum atomic E-state index is -0.0183. The van der Waals surface area contributed by atoms with Gasteiger partial charge in [-0.15, -0.1) is 0 Å². The molecule has 0 saturated carbocycles. The van der Waals surface area contributed by atoms with Crippen LogP contribution in [-0.2, 0) is 9.59 Å². The molecular formula is C14H17NO2. The van der Waals surface area contributed by atoms with Crippen LogP contribution in [0.1, 0.15) is 31.2 Å². The van der Waals surface area contributed by atoms with Crippen LogP contribution >= 0.6 is 0 Å². The maximum Gasteiger partial charge on any atom is 0.230 e. The number of carbonyl (C=O) groups excluding carboxylic acids is 2. The van der Waals surface area contributed by atoms with Crippen molar-refractivity contribution in [2.24, 2.45) is 0 Å². The van der Waals surface area contributed by atoms with Crippen LogP contribution in [0.2, 0.25) is 0 Å². The highest BCUT2D eigenvalue weighted by Crippen LogP contribution is 2.19. The molecule has 1 atom stereocenters. The van der Waals surface area contributed by atoms with Gasteiger partial charge in [0.25, 0.3) is 0 Å². The largest absolute Gasteiger partial charge is 0.335 e. The number of nitrogens with zero attached hydrogens (tertiary/aromatic N) is 1. The first-order valence-corrected chi connectivity index (χ1v) is 6.01. The van der Waals surface area contributed by atoms with Crippen LogP contribution in [0.5, 0.6) is 0 Å². The Morgan fingerprint density at radius 1 is 1.24 bits per heavy atom. The summed E-state index contributed by atoms with van der Waals surface area (Å²) < 4.78 is 0. The lowest BCUT2D eigenvalue weighted by molar-refractivity contribution is -0.127. The molecule has 0 aromatic heterocycles. The Hall–Kier alpha value is -1.64. The highest BCUT2D eigenvalue weighted by Gasteiger charge is 2.27. The van der Waals surface area contributed by atoms with E-state index in [4.69, 9.17) is 0 Å². The fourth-order valence-electron chi connectivity index (χ4n) is 2.14. The van der Waals surface area contributed by atoms with E-state index in [-0.39, 0.29) is 18.1 Å². The van der Waals surface area contributed by atoms with Gasteiger partial charge in [-0.05, 0) is 17.9 Å². The molecule has 0 spiro atoms. The molecule has 0 aliphatic carbocycles. The van der Waals surface area contributed by atoms with Crippen LogP contribution in [-0.4, -0.2) is 29.7 Å². The van der Waals surface area contributed by atoms with Crippen molar-refractivity contribution in [2.75, 3.05) is 13.1 Å². The van der Waals surface area contributed by atoms with Crippen molar-refractivity contribution in [1.82, 2.24) is 4.90 Å². The Balaban J connectivity index is 1.86. The lowest BCUT2D eigenvalue weighted by Crippen LogP contribution is -2.27. The van der Waals surface area contributed by atoms with Crippen LogP contribution in [0.3, 0.4) is 0 Å². The Morgan fingerprint density at radius 2 is 1.94 bits per heavy atom. The van der Waals surface area contributed by atoms with Gasteiger partial charge in [-0.25, -0.2) is 0 Å². The van der Waals surface area contributed by atoms with Crippen molar-refractivity contribution in [2.45, 2.75) is 25.7 Å². The van der Waals surface area contributed by atoms with E-state index < -0.39 is 0 Å². The van der Waals surface area contributed by atoms with E-state index in [1.165, 1.54) is 5.56 Å². The fourth-order valence-corrected chi connectivity index (χ4v) is 2.14. The van der Waals surface area contributed by atoms with Gasteiger partial charge in [0.2, 0.25) is 5.91 Å². The van der Waals surface area contributed by atoms with Gasteiger partial charge in [-0.1, -0.05) is 37.3 Å². The highest BCUT2D eigenvalue weighted by molar-refractivity contribution is 6.05. The normalized spacial score (nSPS) is 17.6. The van der Waals surface area contributed by atoms with Gasteiger partial charge in [0.05, 0.1) is 13.0 Å². The van der Waals surface area contributed by atoms with E-state index in [0.717, 1.165) is 6.42 Å². The summed E-state index contributed by atoms with van der Waals surface area (Å²) in [5, 5.41) is 0. The van der Waals surface area contributed by atoms with Crippen molar-refractivity contribution < 1.29 is 9.59 Å². The van der Waals surface area contributed by atoms with Gasteiger partial charge < -0.3 is 4.90 Å². The van der Waals surface area contributed by atoms with E-state index in [1.54, 1.807) is 4.90 Å². The first-order valence-electron chi connectivity index (χ1n) is 6.01. The number of likely N-dealkylation sites (tertiary alicyclic amines) is 1. The topological polar surface area (TPSA) is 37.4 Å². The number of benzene rings is 1. The zero-order chi connectivity index (χ0) is 12.3. The first kappa shape index (κ1) is 11.8. The van der Waals surface area contributed by atoms with Crippen molar-refractivity contribution >= 4 is 11.7 Å². The van der Waals surface area contributed by atoms with Gasteiger partial charge in [-0.2, -0.15) is 0 Å². The van der Waals surface area contributed by atoms with Gasteiger partial charge >= 0.3 is 0 Å². The third kappa shape index (κ3) is 2.93. The van der Waals surface area contributed by atoms with Crippen LogP contribution < -0.4 is 0 Å². The molecule has 0 N–H and O–H groups in total. The van der Waals surface area contributed by atoms with Crippen LogP contribution in [0, 0.1) is 0 Å². The summed E-state index contributed by atoms with van der Waals surface area (Å²) in [4.78, 5) is 24.2. The minimum Gasteiger partial charge on any atom is -0.335 e. The van der Waals surface area contributed by atoms with E-state index in [1.807, 2.05) is 18.2 Å². The average Bonchev–Trinajstić information content (AvgIpc) is 2.66. The fraction of sp³-hybridized carbons (Fsp3) is 0.429. The van der Waals surface area contributed by atoms with Crippen molar-refractivity contribution in [3.63, 3.8) is 0 Å². The summed E-state index contributed by atoms with van der Waals surface area (Å²) in [5.41, 5.74) is 1.28. The average molecular weight is 231 g/mol. The third-order valence-corrected chi connectivity index (χ3v) is 3.27. The molecule has 1 aromatic carbocycles. The number of hydrogen-bond donors (Lipinski definition) is 0. The minimum absolute atomic E-state index is 0.0183. The molecular weight excluding hydrogens is 214 g/mol. The maximum absolute atomic E-state index is 11.4. The molecule has 1 unspecified atom stereocenters. The second kappa shape index (κ2) is 5.13. The van der Waals surface area contributed by atoms with Gasteiger partial charge in [0.1, 0.15) is 0 Å². The van der Waals surface area contributed by atoms with Crippen molar-refractivity contribution in [1.29, 1.82) is 0 Å². The van der Waals surface area contributed by atoms with Gasteiger partial charge in [-0.3, -0.25) is 9.59 Å². The number of carbonyl (C=O) groups is 2. The molecule has 1 saturated heterocycles. The summed E-state index contributed by atoms with van der Waals surface area (Å²) in [6.45, 7) is 3.14. The molecule has 1 heterocycles. The van der Waals surface area contributed by atoms with Gasteiger partial charge in [0, 0.05) is 6.54 Å². The Labute approximate surface area is 101 Å². The van der Waals surface area contributed by atoms with E-state index in [9.17, 15) is 9.59 Å². The molecule has 2 rings (SSSR count). The lowest BCUT2D eigenvalue weighted by Gasteiger charge is -2.18. The second-order valence-electron chi connectivity index (χ2n) is 4.63. The quantitative estimate of drug-likeness (QED) is 0.743. The highest BCUT2D eigenvalue weighted by atomic mass is 16.2. The summed E-state index contributed by atoms with van der Waals surface area (Å²) in [6.07, 6.45) is 1.00. The Morgan fingerprint density at radius 3 is 2.53 bits per heavy atom. The van der Waals surface area contributed by atoms with E-state index >= 15 is 0 Å². The predicted octanol–water partition coefficient (Wildman–Crippen LogP) is 1.98. The second-order valence-corrected chi connectivity index (χ2v) is 4.63. The zero-order valence-corrected chi connectivity index (χ0v) is 10.1. The number of rotatable bonds is 4. The summed E-state index contributed by atoms with van der Waals surface area (Å²) in [7, 11) is 0. The van der Waals surface area contributed by atoms with Crippen LogP contribution in [0.15, 0.2) is 30.3 Å². The third-order valence-electron chi connectivity index (χ3n) is 3.27. The Bertz CT molecular complexity index is 413. The molecule has 90 valence electrons. The molecule has 1 fully saturated rings. The summed E-state index contributed by atoms with van der Waals surface area (Å²) in [6, 6.07) is 10.2. The molecule has 1 aromatic rings. The first-order chi connectivity index (χ1) is 8.16. The molecule has 3 nitrogen and oxygen atoms in total. The molecule has 0 radical (unpaired) electrons. The van der Waals surface area contributed by atoms with E-state index in [0.29, 0.717) is 19.0 Å². The summed E-state index contributed by atoms with van der Waals surface area (Å²) >= 11 is 0. The van der Waals surface area contributed by atoms with Crippen LogP contribution in [0.25, 0.3) is 0 Å². The van der Waals surface area contributed by atoms with Crippen molar-refractivity contribution in [3.8, 4) is 0 Å². The molecule has 0 bridgehead atoms. The number of hydrogen-bond acceptors (Lipinski definition) is 2. The smallest absolute Gasteiger partial charge is 0.230 e. The molecule has 1 aliphatic heterocycles. The zero-order valence-electron chi connectivity index (χ0n) is 10.1. The molecule has 17 heavy (non-hydrogen) atoms. The van der Waals surface area contributed by atoms with Crippen molar-refractivity contribution in [3.05, 3.63) is 35.9 Å². The van der Waals surface area contributed by atoms with Gasteiger partial charge in [0.15, 0.2) is 5.78 Å². The lowest BCUT2D eigenvalue weighted by atomic mass is 9.98.